The van der Waals surface area contributed by atoms with Gasteiger partial charge in [0.15, 0.2) is 5.78 Å². The molecular weight excluding hydrogens is 249 g/mol. The highest BCUT2D eigenvalue weighted by Gasteiger charge is 2.10. The molecule has 0 bridgehead atoms. The second kappa shape index (κ2) is 5.31. The van der Waals surface area contributed by atoms with E-state index in [1.165, 1.54) is 17.0 Å². The Morgan fingerprint density at radius 3 is 2.61 bits per heavy atom. The molecule has 2 N–H and O–H groups in total. The van der Waals surface area contributed by atoms with Crippen molar-refractivity contribution < 1.29 is 9.18 Å². The largest absolute Gasteiger partial charge is 0.396 e. The van der Waals surface area contributed by atoms with Crippen LogP contribution in [-0.2, 0) is 12.8 Å². The van der Waals surface area contributed by atoms with Gasteiger partial charge >= 0.3 is 0 Å². The normalized spacial score (nSPS) is 10.6. The van der Waals surface area contributed by atoms with Gasteiger partial charge in [-0.2, -0.15) is 0 Å². The quantitative estimate of drug-likeness (QED) is 0.678. The summed E-state index contributed by atoms with van der Waals surface area (Å²) in [5, 5.41) is 0. The SMILES string of the molecule is CCc1ccc(CC(=O)c2ccc(N)c(F)c2)s1. The number of rotatable bonds is 4. The number of nitrogens with two attached hydrogens (primary N) is 1. The van der Waals surface area contributed by atoms with Crippen molar-refractivity contribution >= 4 is 22.8 Å². The second-order valence-corrected chi connectivity index (χ2v) is 5.31. The molecule has 1 aromatic carbocycles. The van der Waals surface area contributed by atoms with Crippen LogP contribution in [0.5, 0.6) is 0 Å². The Hall–Kier alpha value is -1.68. The Morgan fingerprint density at radius 2 is 2.00 bits per heavy atom. The summed E-state index contributed by atoms with van der Waals surface area (Å²) in [7, 11) is 0. The average Bonchev–Trinajstić information content (AvgIpc) is 2.80. The Kier molecular flexibility index (Phi) is 3.77. The fraction of sp³-hybridized carbons (Fsp3) is 0.214. The molecule has 0 aliphatic heterocycles. The summed E-state index contributed by atoms with van der Waals surface area (Å²) in [6.07, 6.45) is 1.28. The number of halogens is 1. The van der Waals surface area contributed by atoms with E-state index in [2.05, 4.69) is 6.92 Å². The van der Waals surface area contributed by atoms with E-state index in [-0.39, 0.29) is 11.5 Å². The number of nitrogen functional groups attached to an aromatic ring is 1. The molecule has 2 nitrogen and oxygen atoms in total. The second-order valence-electron chi connectivity index (χ2n) is 4.06. The van der Waals surface area contributed by atoms with Gasteiger partial charge < -0.3 is 5.73 Å². The van der Waals surface area contributed by atoms with Crippen molar-refractivity contribution in [2.45, 2.75) is 19.8 Å². The number of carbonyl (C=O) groups is 1. The maximum Gasteiger partial charge on any atom is 0.168 e. The maximum absolute atomic E-state index is 13.3. The molecule has 4 heteroatoms. The third-order valence-corrected chi connectivity index (χ3v) is 3.95. The topological polar surface area (TPSA) is 43.1 Å². The predicted molar refractivity (Wildman–Crippen MR) is 72.5 cm³/mol. The molecule has 2 rings (SSSR count). The van der Waals surface area contributed by atoms with E-state index in [0.29, 0.717) is 12.0 Å². The van der Waals surface area contributed by atoms with Crippen LogP contribution in [0, 0.1) is 5.82 Å². The van der Waals surface area contributed by atoms with Crippen molar-refractivity contribution in [1.29, 1.82) is 0 Å². The van der Waals surface area contributed by atoms with Crippen molar-refractivity contribution in [2.24, 2.45) is 0 Å². The van der Waals surface area contributed by atoms with Gasteiger partial charge in [-0.15, -0.1) is 11.3 Å². The third-order valence-electron chi connectivity index (χ3n) is 2.72. The number of hydrogen-bond donors (Lipinski definition) is 1. The van der Waals surface area contributed by atoms with E-state index in [0.717, 1.165) is 11.3 Å². The van der Waals surface area contributed by atoms with Crippen molar-refractivity contribution in [3.8, 4) is 0 Å². The third kappa shape index (κ3) is 2.76. The van der Waals surface area contributed by atoms with Crippen LogP contribution in [-0.4, -0.2) is 5.78 Å². The fourth-order valence-corrected chi connectivity index (χ4v) is 2.62. The number of ketones is 1. The first-order chi connectivity index (χ1) is 8.60. The number of thiophene rings is 1. The van der Waals surface area contributed by atoms with Gasteiger partial charge in [-0.3, -0.25) is 4.79 Å². The highest BCUT2D eigenvalue weighted by molar-refractivity contribution is 7.12. The van der Waals surface area contributed by atoms with Crippen molar-refractivity contribution in [2.75, 3.05) is 5.73 Å². The first kappa shape index (κ1) is 12.8. The lowest BCUT2D eigenvalue weighted by Gasteiger charge is -2.01. The van der Waals surface area contributed by atoms with Gasteiger partial charge in [-0.25, -0.2) is 4.39 Å². The number of anilines is 1. The van der Waals surface area contributed by atoms with Crippen molar-refractivity contribution in [3.05, 3.63) is 51.5 Å². The van der Waals surface area contributed by atoms with E-state index in [1.807, 2.05) is 12.1 Å². The zero-order valence-electron chi connectivity index (χ0n) is 10.1. The summed E-state index contributed by atoms with van der Waals surface area (Å²) >= 11 is 1.62. The highest BCUT2D eigenvalue weighted by Crippen LogP contribution is 2.20. The molecule has 0 spiro atoms. The van der Waals surface area contributed by atoms with E-state index in [4.69, 9.17) is 5.73 Å². The number of Topliss-reactive ketones (excluding diaryl/α,β-unsaturated/α-hetero) is 1. The zero-order chi connectivity index (χ0) is 13.1. The minimum Gasteiger partial charge on any atom is -0.396 e. The van der Waals surface area contributed by atoms with Gasteiger partial charge in [0, 0.05) is 21.7 Å². The van der Waals surface area contributed by atoms with E-state index >= 15 is 0 Å². The summed E-state index contributed by atoms with van der Waals surface area (Å²) in [5.41, 5.74) is 5.81. The van der Waals surface area contributed by atoms with Crippen LogP contribution >= 0.6 is 11.3 Å². The van der Waals surface area contributed by atoms with Gasteiger partial charge in [0.2, 0.25) is 0 Å². The molecule has 0 atom stereocenters. The number of hydrogen-bond acceptors (Lipinski definition) is 3. The van der Waals surface area contributed by atoms with Crippen LogP contribution < -0.4 is 5.73 Å². The summed E-state index contributed by atoms with van der Waals surface area (Å²) in [4.78, 5) is 14.2. The minimum atomic E-state index is -0.540. The maximum atomic E-state index is 13.3. The van der Waals surface area contributed by atoms with Crippen LogP contribution in [0.1, 0.15) is 27.0 Å². The van der Waals surface area contributed by atoms with Crippen LogP contribution in [0.4, 0.5) is 10.1 Å². The van der Waals surface area contributed by atoms with Gasteiger partial charge in [-0.05, 0) is 36.8 Å². The van der Waals surface area contributed by atoms with Gasteiger partial charge in [-0.1, -0.05) is 6.92 Å². The summed E-state index contributed by atoms with van der Waals surface area (Å²) in [6.45, 7) is 2.08. The molecule has 0 fully saturated rings. The van der Waals surface area contributed by atoms with Crippen molar-refractivity contribution in [3.63, 3.8) is 0 Å². The molecular formula is C14H14FNOS. The molecule has 1 heterocycles. The molecule has 0 aliphatic rings. The van der Waals surface area contributed by atoms with E-state index in [1.54, 1.807) is 17.4 Å². The highest BCUT2D eigenvalue weighted by atomic mass is 32.1. The lowest BCUT2D eigenvalue weighted by atomic mass is 10.1. The molecule has 18 heavy (non-hydrogen) atoms. The van der Waals surface area contributed by atoms with Crippen LogP contribution in [0.3, 0.4) is 0 Å². The molecule has 94 valence electrons. The Balaban J connectivity index is 2.14. The van der Waals surface area contributed by atoms with Gasteiger partial charge in [0.05, 0.1) is 5.69 Å². The molecule has 0 unspecified atom stereocenters. The molecule has 0 amide bonds. The van der Waals surface area contributed by atoms with Crippen LogP contribution in [0.15, 0.2) is 30.3 Å². The van der Waals surface area contributed by atoms with E-state index in [9.17, 15) is 9.18 Å². The standard InChI is InChI=1S/C14H14FNOS/c1-2-10-4-5-11(18-10)8-14(17)9-3-6-13(16)12(15)7-9/h3-7H,2,8,16H2,1H3. The fourth-order valence-electron chi connectivity index (χ4n) is 1.67. The Bertz CT molecular complexity index is 577. The molecule has 0 saturated heterocycles. The Labute approximate surface area is 109 Å². The van der Waals surface area contributed by atoms with Crippen molar-refractivity contribution in [1.82, 2.24) is 0 Å². The molecule has 1 aromatic heterocycles. The number of benzene rings is 1. The number of aryl methyl sites for hydroxylation is 1. The monoisotopic (exact) mass is 263 g/mol. The first-order valence-corrected chi connectivity index (χ1v) is 6.57. The molecule has 0 radical (unpaired) electrons. The first-order valence-electron chi connectivity index (χ1n) is 5.76. The lowest BCUT2D eigenvalue weighted by molar-refractivity contribution is 0.0993. The summed E-state index contributed by atoms with van der Waals surface area (Å²) in [5.74, 6) is -0.625. The number of carbonyl (C=O) groups excluding carboxylic acids is 1. The Morgan fingerprint density at radius 1 is 1.28 bits per heavy atom. The smallest absolute Gasteiger partial charge is 0.168 e. The zero-order valence-corrected chi connectivity index (χ0v) is 10.9. The summed E-state index contributed by atoms with van der Waals surface area (Å²) in [6, 6.07) is 8.17. The molecule has 0 aliphatic carbocycles. The van der Waals surface area contributed by atoms with Gasteiger partial charge in [0.1, 0.15) is 5.82 Å². The minimum absolute atomic E-state index is 0.0657. The lowest BCUT2D eigenvalue weighted by Crippen LogP contribution is -2.03. The van der Waals surface area contributed by atoms with Crippen LogP contribution in [0.2, 0.25) is 0 Å². The predicted octanol–water partition coefficient (Wildman–Crippen LogP) is 3.46. The average molecular weight is 263 g/mol. The summed E-state index contributed by atoms with van der Waals surface area (Å²) < 4.78 is 13.3. The van der Waals surface area contributed by atoms with E-state index < -0.39 is 5.82 Å². The molecule has 2 aromatic rings. The molecule has 0 saturated carbocycles. The van der Waals surface area contributed by atoms with Gasteiger partial charge in [0.25, 0.3) is 0 Å². The van der Waals surface area contributed by atoms with Crippen LogP contribution in [0.25, 0.3) is 0 Å².